The second-order valence-corrected chi connectivity index (χ2v) is 5.25. The first kappa shape index (κ1) is 18.5. The number of rotatable bonds is 5. The highest BCUT2D eigenvalue weighted by atomic mass is 35.5. The van der Waals surface area contributed by atoms with Crippen LogP contribution in [-0.4, -0.2) is 30.7 Å². The van der Waals surface area contributed by atoms with E-state index in [-0.39, 0.29) is 24.4 Å². The van der Waals surface area contributed by atoms with Gasteiger partial charge in [-0.25, -0.2) is 0 Å². The van der Waals surface area contributed by atoms with Gasteiger partial charge in [0.05, 0.1) is 5.02 Å². The van der Waals surface area contributed by atoms with E-state index in [0.717, 1.165) is 0 Å². The van der Waals surface area contributed by atoms with E-state index in [1.807, 2.05) is 32.2 Å². The van der Waals surface area contributed by atoms with Gasteiger partial charge in [0.15, 0.2) is 0 Å². The Morgan fingerprint density at radius 2 is 2.09 bits per heavy atom. The molecule has 0 aliphatic carbocycles. The number of nitrogens with zero attached hydrogens (tertiary/aromatic N) is 1. The second-order valence-electron chi connectivity index (χ2n) is 4.84. The molecule has 0 spiro atoms. The quantitative estimate of drug-likeness (QED) is 0.875. The molecule has 1 aromatic carbocycles. The molecule has 2 aromatic rings. The summed E-state index contributed by atoms with van der Waals surface area (Å²) < 4.78 is 5.17. The first-order valence-corrected chi connectivity index (χ1v) is 7.09. The Morgan fingerprint density at radius 1 is 1.41 bits per heavy atom. The van der Waals surface area contributed by atoms with Gasteiger partial charge >= 0.3 is 0 Å². The summed E-state index contributed by atoms with van der Waals surface area (Å²) in [6.45, 7) is 4.21. The van der Waals surface area contributed by atoms with Gasteiger partial charge in [-0.1, -0.05) is 35.0 Å². The van der Waals surface area contributed by atoms with Crippen LogP contribution in [0.25, 0.3) is 11.3 Å². The summed E-state index contributed by atoms with van der Waals surface area (Å²) in [5.74, 6) is 0.255. The highest BCUT2D eigenvalue weighted by Gasteiger charge is 2.22. The van der Waals surface area contributed by atoms with Gasteiger partial charge in [0.25, 0.3) is 5.91 Å². The zero-order chi connectivity index (χ0) is 15.4. The van der Waals surface area contributed by atoms with Crippen molar-refractivity contribution in [2.45, 2.75) is 19.9 Å². The average Bonchev–Trinajstić information content (AvgIpc) is 2.86. The minimum atomic E-state index is -0.217. The molecule has 120 valence electrons. The molecule has 7 heteroatoms. The molecule has 2 N–H and O–H groups in total. The summed E-state index contributed by atoms with van der Waals surface area (Å²) in [4.78, 5) is 12.4. The molecule has 0 radical (unpaired) electrons. The molecule has 1 unspecified atom stereocenters. The van der Waals surface area contributed by atoms with Crippen LogP contribution in [-0.2, 0) is 0 Å². The van der Waals surface area contributed by atoms with Gasteiger partial charge in [-0.05, 0) is 27.0 Å². The minimum absolute atomic E-state index is 0. The van der Waals surface area contributed by atoms with Crippen molar-refractivity contribution in [1.29, 1.82) is 0 Å². The Morgan fingerprint density at radius 3 is 2.73 bits per heavy atom. The number of carbonyl (C=O) groups is 1. The molecule has 1 amide bonds. The zero-order valence-electron chi connectivity index (χ0n) is 12.6. The van der Waals surface area contributed by atoms with E-state index in [2.05, 4.69) is 15.8 Å². The van der Waals surface area contributed by atoms with E-state index in [0.29, 0.717) is 34.1 Å². The number of aromatic nitrogens is 1. The molecule has 0 saturated heterocycles. The maximum atomic E-state index is 12.4. The van der Waals surface area contributed by atoms with Crippen LogP contribution in [0.3, 0.4) is 0 Å². The predicted octanol–water partition coefficient (Wildman–Crippen LogP) is 3.06. The largest absolute Gasteiger partial charge is 0.360 e. The van der Waals surface area contributed by atoms with Crippen LogP contribution < -0.4 is 10.6 Å². The Kier molecular flexibility index (Phi) is 6.87. The van der Waals surface area contributed by atoms with Gasteiger partial charge in [-0.15, -0.1) is 12.4 Å². The maximum absolute atomic E-state index is 12.4. The van der Waals surface area contributed by atoms with E-state index in [4.69, 9.17) is 16.1 Å². The molecule has 2 rings (SSSR count). The third kappa shape index (κ3) is 4.00. The summed E-state index contributed by atoms with van der Waals surface area (Å²) in [6, 6.07) is 7.42. The number of hydrogen-bond acceptors (Lipinski definition) is 4. The topological polar surface area (TPSA) is 67.2 Å². The highest BCUT2D eigenvalue weighted by Crippen LogP contribution is 2.30. The molecular weight excluding hydrogens is 325 g/mol. The molecule has 1 heterocycles. The van der Waals surface area contributed by atoms with E-state index >= 15 is 0 Å². The summed E-state index contributed by atoms with van der Waals surface area (Å²) in [6.07, 6.45) is 0. The average molecular weight is 344 g/mol. The molecule has 22 heavy (non-hydrogen) atoms. The molecule has 0 saturated carbocycles. The Hall–Kier alpha value is -1.56. The van der Waals surface area contributed by atoms with Crippen molar-refractivity contribution in [1.82, 2.24) is 15.8 Å². The van der Waals surface area contributed by atoms with Crippen molar-refractivity contribution in [2.75, 3.05) is 13.6 Å². The molecule has 1 atom stereocenters. The van der Waals surface area contributed by atoms with Gasteiger partial charge in [0.1, 0.15) is 17.0 Å². The van der Waals surface area contributed by atoms with Crippen LogP contribution in [0.15, 0.2) is 28.8 Å². The highest BCUT2D eigenvalue weighted by molar-refractivity contribution is 6.33. The third-order valence-corrected chi connectivity index (χ3v) is 3.61. The Bertz CT molecular complexity index is 643. The van der Waals surface area contributed by atoms with Crippen molar-refractivity contribution in [3.63, 3.8) is 0 Å². The van der Waals surface area contributed by atoms with Crippen molar-refractivity contribution in [2.24, 2.45) is 0 Å². The number of hydrogen-bond donors (Lipinski definition) is 2. The SMILES string of the molecule is CNC(C)CNC(=O)c1c(-c2ccccc2Cl)noc1C.Cl. The summed E-state index contributed by atoms with van der Waals surface area (Å²) in [5.41, 5.74) is 1.57. The normalized spacial score (nSPS) is 11.6. The monoisotopic (exact) mass is 343 g/mol. The standard InChI is InChI=1S/C15H18ClN3O2.ClH/c1-9(17-3)8-18-15(20)13-10(2)21-19-14(13)11-6-4-5-7-12(11)16;/h4-7,9,17H,8H2,1-3H3,(H,18,20);1H. The summed E-state index contributed by atoms with van der Waals surface area (Å²) in [7, 11) is 1.84. The summed E-state index contributed by atoms with van der Waals surface area (Å²) in [5, 5.41) is 10.4. The van der Waals surface area contributed by atoms with Gasteiger partial charge in [-0.2, -0.15) is 0 Å². The summed E-state index contributed by atoms with van der Waals surface area (Å²) >= 11 is 6.17. The fourth-order valence-electron chi connectivity index (χ4n) is 1.91. The first-order valence-electron chi connectivity index (χ1n) is 6.71. The number of nitrogens with one attached hydrogen (secondary N) is 2. The van der Waals surface area contributed by atoms with E-state index in [1.54, 1.807) is 13.0 Å². The lowest BCUT2D eigenvalue weighted by atomic mass is 10.1. The molecule has 0 aliphatic heterocycles. The molecule has 0 bridgehead atoms. The third-order valence-electron chi connectivity index (χ3n) is 3.28. The fraction of sp³-hybridized carbons (Fsp3) is 0.333. The smallest absolute Gasteiger partial charge is 0.257 e. The number of likely N-dealkylation sites (N-methyl/N-ethyl adjacent to an activating group) is 1. The van der Waals surface area contributed by atoms with Crippen molar-refractivity contribution >= 4 is 29.9 Å². The van der Waals surface area contributed by atoms with E-state index in [9.17, 15) is 4.79 Å². The van der Waals surface area contributed by atoms with Crippen molar-refractivity contribution in [3.8, 4) is 11.3 Å². The number of halogens is 2. The van der Waals surface area contributed by atoms with Crippen LogP contribution in [0, 0.1) is 6.92 Å². The Labute approximate surface area is 140 Å². The van der Waals surface area contributed by atoms with Crippen LogP contribution in [0.2, 0.25) is 5.02 Å². The fourth-order valence-corrected chi connectivity index (χ4v) is 2.14. The second kappa shape index (κ2) is 8.17. The molecular formula is C15H19Cl2N3O2. The molecule has 1 aromatic heterocycles. The molecule has 0 aliphatic rings. The van der Waals surface area contributed by atoms with Gasteiger partial charge < -0.3 is 15.2 Å². The number of benzene rings is 1. The number of carbonyl (C=O) groups excluding carboxylic acids is 1. The lowest BCUT2D eigenvalue weighted by molar-refractivity contribution is 0.0949. The number of aryl methyl sites for hydroxylation is 1. The zero-order valence-corrected chi connectivity index (χ0v) is 14.2. The maximum Gasteiger partial charge on any atom is 0.257 e. The number of amides is 1. The van der Waals surface area contributed by atoms with Crippen LogP contribution in [0.5, 0.6) is 0 Å². The van der Waals surface area contributed by atoms with Gasteiger partial charge in [0.2, 0.25) is 0 Å². The molecule has 0 fully saturated rings. The van der Waals surface area contributed by atoms with Crippen LogP contribution >= 0.6 is 24.0 Å². The minimum Gasteiger partial charge on any atom is -0.360 e. The lowest BCUT2D eigenvalue weighted by Gasteiger charge is -2.11. The Balaban J connectivity index is 0.00000242. The van der Waals surface area contributed by atoms with E-state index < -0.39 is 0 Å². The van der Waals surface area contributed by atoms with Crippen LogP contribution in [0.4, 0.5) is 0 Å². The van der Waals surface area contributed by atoms with E-state index in [1.165, 1.54) is 0 Å². The van der Waals surface area contributed by atoms with Crippen LogP contribution in [0.1, 0.15) is 23.0 Å². The van der Waals surface area contributed by atoms with Gasteiger partial charge in [0, 0.05) is 18.2 Å². The lowest BCUT2D eigenvalue weighted by Crippen LogP contribution is -2.37. The van der Waals surface area contributed by atoms with Crippen molar-refractivity contribution < 1.29 is 9.32 Å². The van der Waals surface area contributed by atoms with Gasteiger partial charge in [-0.3, -0.25) is 4.79 Å². The molecule has 5 nitrogen and oxygen atoms in total. The van der Waals surface area contributed by atoms with Crippen molar-refractivity contribution in [3.05, 3.63) is 40.6 Å². The first-order chi connectivity index (χ1) is 10.0. The predicted molar refractivity (Wildman–Crippen MR) is 89.8 cm³/mol.